The van der Waals surface area contributed by atoms with E-state index in [1.807, 2.05) is 19.1 Å². The fourth-order valence-corrected chi connectivity index (χ4v) is 1.62. The summed E-state index contributed by atoms with van der Waals surface area (Å²) >= 11 is 0. The van der Waals surface area contributed by atoms with Gasteiger partial charge < -0.3 is 15.7 Å². The van der Waals surface area contributed by atoms with Gasteiger partial charge in [-0.15, -0.1) is 0 Å². The Balaban J connectivity index is 2.86. The van der Waals surface area contributed by atoms with Crippen molar-refractivity contribution in [1.82, 2.24) is 4.98 Å². The summed E-state index contributed by atoms with van der Waals surface area (Å²) in [7, 11) is 0. The van der Waals surface area contributed by atoms with E-state index in [0.29, 0.717) is 6.54 Å². The smallest absolute Gasteiger partial charge is 0.128 e. The first kappa shape index (κ1) is 12.9. The van der Waals surface area contributed by atoms with Crippen molar-refractivity contribution in [2.75, 3.05) is 24.6 Å². The number of nitrogens with zero attached hydrogens (tertiary/aromatic N) is 2. The number of rotatable bonds is 6. The third-order valence-corrected chi connectivity index (χ3v) is 2.48. The molecular weight excluding hydrogens is 202 g/mol. The van der Waals surface area contributed by atoms with E-state index >= 15 is 0 Å². The highest BCUT2D eigenvalue weighted by Gasteiger charge is 2.08. The van der Waals surface area contributed by atoms with E-state index in [1.54, 1.807) is 6.20 Å². The molecule has 90 valence electrons. The van der Waals surface area contributed by atoms with E-state index in [4.69, 9.17) is 10.8 Å². The largest absolute Gasteiger partial charge is 0.395 e. The van der Waals surface area contributed by atoms with E-state index in [1.165, 1.54) is 0 Å². The molecule has 1 rings (SSSR count). The quantitative estimate of drug-likeness (QED) is 0.763. The van der Waals surface area contributed by atoms with Crippen LogP contribution in [0.1, 0.15) is 31.9 Å². The monoisotopic (exact) mass is 223 g/mol. The molecule has 3 N–H and O–H groups in total. The Kier molecular flexibility index (Phi) is 5.22. The highest BCUT2D eigenvalue weighted by Crippen LogP contribution is 2.16. The normalized spacial score (nSPS) is 12.5. The van der Waals surface area contributed by atoms with Gasteiger partial charge in [0.05, 0.1) is 6.61 Å². The number of anilines is 1. The van der Waals surface area contributed by atoms with Crippen molar-refractivity contribution in [3.8, 4) is 0 Å². The molecule has 1 aromatic heterocycles. The molecule has 1 atom stereocenters. The van der Waals surface area contributed by atoms with Gasteiger partial charge in [-0.05, 0) is 31.0 Å². The minimum absolute atomic E-state index is 0.0133. The van der Waals surface area contributed by atoms with Crippen LogP contribution in [0.2, 0.25) is 0 Å². The summed E-state index contributed by atoms with van der Waals surface area (Å²) in [5.41, 5.74) is 6.91. The lowest BCUT2D eigenvalue weighted by Crippen LogP contribution is -2.28. The highest BCUT2D eigenvalue weighted by atomic mass is 16.3. The maximum absolute atomic E-state index is 9.01. The van der Waals surface area contributed by atoms with E-state index in [0.717, 1.165) is 24.3 Å². The fraction of sp³-hybridized carbons (Fsp3) is 0.583. The van der Waals surface area contributed by atoms with Crippen molar-refractivity contribution in [3.05, 3.63) is 23.9 Å². The predicted molar refractivity (Wildman–Crippen MR) is 66.4 cm³/mol. The van der Waals surface area contributed by atoms with Crippen molar-refractivity contribution >= 4 is 5.82 Å². The lowest BCUT2D eigenvalue weighted by molar-refractivity contribution is 0.301. The van der Waals surface area contributed by atoms with Crippen LogP contribution >= 0.6 is 0 Å². The molecule has 0 unspecified atom stereocenters. The summed E-state index contributed by atoms with van der Waals surface area (Å²) in [5, 5.41) is 9.01. The average Bonchev–Trinajstić information content (AvgIpc) is 2.29. The third-order valence-electron chi connectivity index (χ3n) is 2.48. The first-order valence-electron chi connectivity index (χ1n) is 5.76. The third kappa shape index (κ3) is 3.47. The minimum atomic E-state index is 0.0133. The number of hydrogen-bond donors (Lipinski definition) is 2. The maximum atomic E-state index is 9.01. The lowest BCUT2D eigenvalue weighted by atomic mass is 10.1. The Morgan fingerprint density at radius 3 is 2.81 bits per heavy atom. The molecule has 1 aromatic rings. The molecule has 4 heteroatoms. The second-order valence-electron chi connectivity index (χ2n) is 3.95. The Bertz CT molecular complexity index is 309. The Labute approximate surface area is 97.1 Å². The van der Waals surface area contributed by atoms with Crippen molar-refractivity contribution in [3.63, 3.8) is 0 Å². The van der Waals surface area contributed by atoms with Crippen LogP contribution in [0, 0.1) is 0 Å². The molecule has 1 heterocycles. The van der Waals surface area contributed by atoms with Crippen LogP contribution in [-0.4, -0.2) is 29.8 Å². The lowest BCUT2D eigenvalue weighted by Gasteiger charge is -2.22. The predicted octanol–water partition coefficient (Wildman–Crippen LogP) is 1.31. The van der Waals surface area contributed by atoms with E-state index in [2.05, 4.69) is 16.8 Å². The van der Waals surface area contributed by atoms with E-state index < -0.39 is 0 Å². The van der Waals surface area contributed by atoms with Crippen molar-refractivity contribution in [2.45, 2.75) is 26.3 Å². The Morgan fingerprint density at radius 2 is 2.25 bits per heavy atom. The van der Waals surface area contributed by atoms with Crippen LogP contribution < -0.4 is 10.6 Å². The van der Waals surface area contributed by atoms with Gasteiger partial charge in [-0.3, -0.25) is 0 Å². The van der Waals surface area contributed by atoms with Gasteiger partial charge in [-0.25, -0.2) is 4.98 Å². The van der Waals surface area contributed by atoms with Gasteiger partial charge >= 0.3 is 0 Å². The van der Waals surface area contributed by atoms with Gasteiger partial charge in [0.2, 0.25) is 0 Å². The second-order valence-corrected chi connectivity index (χ2v) is 3.95. The SMILES string of the molecule is CCCN(CCO)c1cc([C@@H](C)N)ccn1. The Hall–Kier alpha value is -1.13. The molecule has 0 radical (unpaired) electrons. The molecule has 0 aliphatic heterocycles. The fourth-order valence-electron chi connectivity index (χ4n) is 1.62. The van der Waals surface area contributed by atoms with Crippen LogP contribution in [-0.2, 0) is 0 Å². The molecule has 0 saturated carbocycles. The molecule has 0 aromatic carbocycles. The van der Waals surface area contributed by atoms with Crippen LogP contribution in [0.25, 0.3) is 0 Å². The second kappa shape index (κ2) is 6.45. The molecule has 0 saturated heterocycles. The van der Waals surface area contributed by atoms with Crippen LogP contribution in [0.5, 0.6) is 0 Å². The highest BCUT2D eigenvalue weighted by molar-refractivity contribution is 5.41. The molecule has 16 heavy (non-hydrogen) atoms. The maximum Gasteiger partial charge on any atom is 0.128 e. The Morgan fingerprint density at radius 1 is 1.50 bits per heavy atom. The summed E-state index contributed by atoms with van der Waals surface area (Å²) in [6, 6.07) is 3.94. The zero-order chi connectivity index (χ0) is 12.0. The number of aliphatic hydroxyl groups is 1. The molecule has 0 spiro atoms. The molecule has 0 aliphatic carbocycles. The number of aliphatic hydroxyl groups excluding tert-OH is 1. The van der Waals surface area contributed by atoms with Crippen LogP contribution in [0.4, 0.5) is 5.82 Å². The summed E-state index contributed by atoms with van der Waals surface area (Å²) < 4.78 is 0. The topological polar surface area (TPSA) is 62.4 Å². The van der Waals surface area contributed by atoms with Crippen molar-refractivity contribution in [1.29, 1.82) is 0 Å². The summed E-state index contributed by atoms with van der Waals surface area (Å²) in [4.78, 5) is 6.39. The molecule has 0 aliphatic rings. The molecule has 4 nitrogen and oxygen atoms in total. The zero-order valence-electron chi connectivity index (χ0n) is 10.1. The number of aromatic nitrogens is 1. The minimum Gasteiger partial charge on any atom is -0.395 e. The zero-order valence-corrected chi connectivity index (χ0v) is 10.1. The van der Waals surface area contributed by atoms with Crippen LogP contribution in [0.3, 0.4) is 0 Å². The van der Waals surface area contributed by atoms with Gasteiger partial charge in [0.1, 0.15) is 5.82 Å². The van der Waals surface area contributed by atoms with Gasteiger partial charge in [0.25, 0.3) is 0 Å². The van der Waals surface area contributed by atoms with Gasteiger partial charge in [-0.2, -0.15) is 0 Å². The van der Waals surface area contributed by atoms with E-state index in [9.17, 15) is 0 Å². The molecule has 0 bridgehead atoms. The standard InChI is InChI=1S/C12H21N3O/c1-3-6-15(7-8-16)12-9-11(10(2)13)4-5-14-12/h4-5,9-10,16H,3,6-8,13H2,1-2H3/t10-/m1/s1. The average molecular weight is 223 g/mol. The summed E-state index contributed by atoms with van der Waals surface area (Å²) in [6.45, 7) is 5.72. The summed E-state index contributed by atoms with van der Waals surface area (Å²) in [5.74, 6) is 0.894. The van der Waals surface area contributed by atoms with Gasteiger partial charge in [0, 0.05) is 25.3 Å². The summed E-state index contributed by atoms with van der Waals surface area (Å²) in [6.07, 6.45) is 2.80. The van der Waals surface area contributed by atoms with Crippen molar-refractivity contribution in [2.24, 2.45) is 5.73 Å². The molecular formula is C12H21N3O. The van der Waals surface area contributed by atoms with Crippen LogP contribution in [0.15, 0.2) is 18.3 Å². The first-order chi connectivity index (χ1) is 7.69. The number of pyridine rings is 1. The van der Waals surface area contributed by atoms with Gasteiger partial charge in [0.15, 0.2) is 0 Å². The first-order valence-corrected chi connectivity index (χ1v) is 5.76. The van der Waals surface area contributed by atoms with E-state index in [-0.39, 0.29) is 12.6 Å². The number of nitrogens with two attached hydrogens (primary N) is 1. The van der Waals surface area contributed by atoms with Gasteiger partial charge in [-0.1, -0.05) is 6.92 Å². The number of hydrogen-bond acceptors (Lipinski definition) is 4. The molecule has 0 fully saturated rings. The van der Waals surface area contributed by atoms with Crippen molar-refractivity contribution < 1.29 is 5.11 Å². The molecule has 0 amide bonds.